The fraction of sp³-hybridized carbons (Fsp3) is 0.448. The van der Waals surface area contributed by atoms with Crippen LogP contribution in [0.5, 0.6) is 0 Å². The summed E-state index contributed by atoms with van der Waals surface area (Å²) in [5.74, 6) is 0.906. The van der Waals surface area contributed by atoms with Crippen LogP contribution in [0, 0.1) is 13.8 Å². The van der Waals surface area contributed by atoms with E-state index in [9.17, 15) is 4.79 Å². The summed E-state index contributed by atoms with van der Waals surface area (Å²) in [6.45, 7) is 7.59. The summed E-state index contributed by atoms with van der Waals surface area (Å²) < 4.78 is 2.07. The first-order valence-corrected chi connectivity index (χ1v) is 13.2. The molecule has 1 aliphatic rings. The van der Waals surface area contributed by atoms with Gasteiger partial charge in [0.1, 0.15) is 0 Å². The predicted molar refractivity (Wildman–Crippen MR) is 143 cm³/mol. The third kappa shape index (κ3) is 5.12. The highest BCUT2D eigenvalue weighted by Crippen LogP contribution is 2.32. The second-order valence-electron chi connectivity index (χ2n) is 10.2. The number of H-pyrrole nitrogens is 1. The number of tetrazole rings is 1. The normalized spacial score (nSPS) is 15.6. The Morgan fingerprint density at radius 3 is 2.53 bits per heavy atom. The van der Waals surface area contributed by atoms with Gasteiger partial charge in [-0.15, -0.1) is 5.10 Å². The molecule has 0 spiro atoms. The molecule has 2 heterocycles. The number of rotatable bonds is 8. The van der Waals surface area contributed by atoms with Crippen LogP contribution in [-0.2, 0) is 13.1 Å². The van der Waals surface area contributed by atoms with Crippen LogP contribution in [0.4, 0.5) is 0 Å². The van der Waals surface area contributed by atoms with Crippen LogP contribution in [0.3, 0.4) is 0 Å². The third-order valence-electron chi connectivity index (χ3n) is 7.70. The van der Waals surface area contributed by atoms with Crippen LogP contribution in [-0.4, -0.2) is 30.1 Å². The molecule has 1 atom stereocenters. The van der Waals surface area contributed by atoms with Crippen LogP contribution in [0.25, 0.3) is 10.9 Å². The van der Waals surface area contributed by atoms with Gasteiger partial charge < -0.3 is 4.98 Å². The Balaban J connectivity index is 1.53. The van der Waals surface area contributed by atoms with Crippen molar-refractivity contribution in [3.63, 3.8) is 0 Å². The SMILES string of the molecule is CCC(c1nnnn1C1CCCCC1)N(Cc1ccccc1)Cc1cc2cc(C)c(C)cc2[nH]c1=O. The van der Waals surface area contributed by atoms with E-state index in [1.165, 1.54) is 36.0 Å². The molecule has 0 radical (unpaired) electrons. The summed E-state index contributed by atoms with van der Waals surface area (Å²) >= 11 is 0. The summed E-state index contributed by atoms with van der Waals surface area (Å²) in [6.07, 6.45) is 6.82. The lowest BCUT2D eigenvalue weighted by atomic mass is 9.95. The number of aromatic amines is 1. The van der Waals surface area contributed by atoms with Crippen LogP contribution in [0.1, 0.15) is 85.6 Å². The zero-order valence-electron chi connectivity index (χ0n) is 21.6. The summed E-state index contributed by atoms with van der Waals surface area (Å²) in [5, 5.41) is 14.1. The van der Waals surface area contributed by atoms with E-state index in [2.05, 4.69) is 93.3 Å². The van der Waals surface area contributed by atoms with Crippen molar-refractivity contribution >= 4 is 10.9 Å². The molecule has 7 nitrogen and oxygen atoms in total. The lowest BCUT2D eigenvalue weighted by Crippen LogP contribution is -2.33. The molecule has 1 unspecified atom stereocenters. The molecule has 1 saturated carbocycles. The Morgan fingerprint density at radius 1 is 1.03 bits per heavy atom. The maximum absolute atomic E-state index is 13.2. The smallest absolute Gasteiger partial charge is 0.252 e. The predicted octanol–water partition coefficient (Wildman–Crippen LogP) is 5.79. The number of hydrogen-bond acceptors (Lipinski definition) is 5. The largest absolute Gasteiger partial charge is 0.322 e. The van der Waals surface area contributed by atoms with Crippen LogP contribution in [0.15, 0.2) is 53.3 Å². The van der Waals surface area contributed by atoms with Gasteiger partial charge in [0, 0.05) is 24.2 Å². The summed E-state index contributed by atoms with van der Waals surface area (Å²) in [6, 6.07) is 17.1. The van der Waals surface area contributed by atoms with E-state index in [1.54, 1.807) is 0 Å². The number of nitrogens with one attached hydrogen (secondary N) is 1. The molecule has 0 bridgehead atoms. The number of hydrogen-bond donors (Lipinski definition) is 1. The van der Waals surface area contributed by atoms with Gasteiger partial charge in [-0.3, -0.25) is 9.69 Å². The molecule has 1 aliphatic carbocycles. The first-order chi connectivity index (χ1) is 17.5. The van der Waals surface area contributed by atoms with Gasteiger partial charge in [-0.2, -0.15) is 0 Å². The second-order valence-corrected chi connectivity index (χ2v) is 10.2. The van der Waals surface area contributed by atoms with Crippen molar-refractivity contribution in [2.45, 2.75) is 84.5 Å². The molecular formula is C29H36N6O. The molecule has 36 heavy (non-hydrogen) atoms. The Hall–Kier alpha value is -3.32. The minimum atomic E-state index is -0.0365. The number of nitrogens with zero attached hydrogens (tertiary/aromatic N) is 5. The van der Waals surface area contributed by atoms with Crippen LogP contribution < -0.4 is 5.56 Å². The molecule has 1 N–H and O–H groups in total. The molecule has 0 amide bonds. The quantitative estimate of drug-likeness (QED) is 0.342. The highest BCUT2D eigenvalue weighted by atomic mass is 16.1. The van der Waals surface area contributed by atoms with Gasteiger partial charge in [-0.1, -0.05) is 56.5 Å². The molecule has 2 aromatic heterocycles. The number of aryl methyl sites for hydroxylation is 2. The van der Waals surface area contributed by atoms with E-state index < -0.39 is 0 Å². The van der Waals surface area contributed by atoms with Gasteiger partial charge in [-0.25, -0.2) is 4.68 Å². The molecule has 4 aromatic rings. The molecule has 2 aromatic carbocycles. The second kappa shape index (κ2) is 10.7. The monoisotopic (exact) mass is 484 g/mol. The minimum absolute atomic E-state index is 0.00279. The van der Waals surface area contributed by atoms with Crippen molar-refractivity contribution in [3.05, 3.63) is 87.0 Å². The fourth-order valence-electron chi connectivity index (χ4n) is 5.56. The van der Waals surface area contributed by atoms with Crippen molar-refractivity contribution in [1.29, 1.82) is 0 Å². The lowest BCUT2D eigenvalue weighted by Gasteiger charge is -2.32. The molecule has 0 aliphatic heterocycles. The molecule has 7 heteroatoms. The lowest BCUT2D eigenvalue weighted by molar-refractivity contribution is 0.155. The van der Waals surface area contributed by atoms with Gasteiger partial charge >= 0.3 is 0 Å². The Kier molecular flexibility index (Phi) is 7.28. The maximum atomic E-state index is 13.2. The average Bonchev–Trinajstić information content (AvgIpc) is 3.37. The summed E-state index contributed by atoms with van der Waals surface area (Å²) in [7, 11) is 0. The van der Waals surface area contributed by atoms with Crippen molar-refractivity contribution < 1.29 is 0 Å². The Morgan fingerprint density at radius 2 is 1.78 bits per heavy atom. The van der Waals surface area contributed by atoms with E-state index >= 15 is 0 Å². The first kappa shape index (κ1) is 24.4. The van der Waals surface area contributed by atoms with E-state index in [1.807, 2.05) is 6.07 Å². The highest BCUT2D eigenvalue weighted by Gasteiger charge is 2.29. The van der Waals surface area contributed by atoms with Gasteiger partial charge in [0.15, 0.2) is 5.82 Å². The van der Waals surface area contributed by atoms with E-state index in [0.29, 0.717) is 19.1 Å². The highest BCUT2D eigenvalue weighted by molar-refractivity contribution is 5.80. The zero-order chi connectivity index (χ0) is 25.1. The maximum Gasteiger partial charge on any atom is 0.252 e. The van der Waals surface area contributed by atoms with Crippen molar-refractivity contribution in [2.75, 3.05) is 0 Å². The van der Waals surface area contributed by atoms with Crippen molar-refractivity contribution in [1.82, 2.24) is 30.1 Å². The fourth-order valence-corrected chi connectivity index (χ4v) is 5.56. The molecule has 1 fully saturated rings. The molecule has 0 saturated heterocycles. The standard InChI is InChI=1S/C29H36N6O/c1-4-27(28-31-32-33-35(28)25-13-9-6-10-14-25)34(18-22-11-7-5-8-12-22)19-24-17-23-15-20(2)21(3)16-26(23)30-29(24)36/h5,7-8,11-12,15-17,25,27H,4,6,9-10,13-14,18-19H2,1-3H3,(H,30,36). The number of fused-ring (bicyclic) bond motifs is 1. The topological polar surface area (TPSA) is 79.7 Å². The Bertz CT molecular complexity index is 1370. The van der Waals surface area contributed by atoms with E-state index in [-0.39, 0.29) is 11.6 Å². The molecular weight excluding hydrogens is 448 g/mol. The summed E-state index contributed by atoms with van der Waals surface area (Å²) in [4.78, 5) is 18.7. The molecule has 188 valence electrons. The Labute approximate surface area is 212 Å². The number of aromatic nitrogens is 5. The number of benzene rings is 2. The van der Waals surface area contributed by atoms with Gasteiger partial charge in [-0.05, 0) is 83.8 Å². The average molecular weight is 485 g/mol. The van der Waals surface area contributed by atoms with E-state index in [4.69, 9.17) is 0 Å². The third-order valence-corrected chi connectivity index (χ3v) is 7.70. The van der Waals surface area contributed by atoms with Crippen molar-refractivity contribution in [2.24, 2.45) is 0 Å². The zero-order valence-corrected chi connectivity index (χ0v) is 21.6. The molecule has 5 rings (SSSR count). The van der Waals surface area contributed by atoms with Gasteiger partial charge in [0.05, 0.1) is 12.1 Å². The van der Waals surface area contributed by atoms with E-state index in [0.717, 1.165) is 41.6 Å². The van der Waals surface area contributed by atoms with Crippen LogP contribution in [0.2, 0.25) is 0 Å². The van der Waals surface area contributed by atoms with Crippen molar-refractivity contribution in [3.8, 4) is 0 Å². The van der Waals surface area contributed by atoms with Gasteiger partial charge in [0.25, 0.3) is 5.56 Å². The first-order valence-electron chi connectivity index (χ1n) is 13.2. The summed E-state index contributed by atoms with van der Waals surface area (Å²) in [5.41, 5.74) is 5.21. The van der Waals surface area contributed by atoms with Gasteiger partial charge in [0.2, 0.25) is 0 Å². The minimum Gasteiger partial charge on any atom is -0.322 e. The number of pyridine rings is 1. The van der Waals surface area contributed by atoms with Crippen LogP contribution >= 0.6 is 0 Å².